The van der Waals surface area contributed by atoms with Gasteiger partial charge >= 0.3 is 0 Å². The first kappa shape index (κ1) is 20.9. The van der Waals surface area contributed by atoms with Crippen molar-refractivity contribution in [1.29, 1.82) is 0 Å². The van der Waals surface area contributed by atoms with Crippen LogP contribution in [0.5, 0.6) is 11.5 Å². The summed E-state index contributed by atoms with van der Waals surface area (Å²) in [4.78, 5) is 12.9. The third-order valence-electron chi connectivity index (χ3n) is 5.19. The van der Waals surface area contributed by atoms with Crippen molar-refractivity contribution < 1.29 is 22.7 Å². The second-order valence-corrected chi connectivity index (χ2v) is 9.85. The van der Waals surface area contributed by atoms with Gasteiger partial charge < -0.3 is 14.8 Å². The summed E-state index contributed by atoms with van der Waals surface area (Å²) in [6, 6.07) is 3.97. The molecule has 0 spiro atoms. The van der Waals surface area contributed by atoms with Gasteiger partial charge in [0, 0.05) is 18.7 Å². The van der Waals surface area contributed by atoms with E-state index in [4.69, 9.17) is 9.47 Å². The van der Waals surface area contributed by atoms with Crippen molar-refractivity contribution in [3.05, 3.63) is 18.2 Å². The van der Waals surface area contributed by atoms with Gasteiger partial charge in [0.1, 0.15) is 19.3 Å². The molecule has 2 aliphatic heterocycles. The third-order valence-corrected chi connectivity index (χ3v) is 7.10. The highest BCUT2D eigenvalue weighted by atomic mass is 32.2. The van der Waals surface area contributed by atoms with E-state index in [1.807, 2.05) is 6.92 Å². The van der Waals surface area contributed by atoms with Gasteiger partial charge in [0.15, 0.2) is 11.5 Å². The molecule has 0 aromatic heterocycles. The lowest BCUT2D eigenvalue weighted by atomic mass is 10.0. The van der Waals surface area contributed by atoms with Gasteiger partial charge in [-0.2, -0.15) is 4.31 Å². The van der Waals surface area contributed by atoms with Crippen LogP contribution in [0, 0.1) is 5.92 Å². The Hall–Kier alpha value is -1.80. The fourth-order valence-electron chi connectivity index (χ4n) is 3.60. The molecule has 1 saturated heterocycles. The van der Waals surface area contributed by atoms with E-state index in [2.05, 4.69) is 19.2 Å². The van der Waals surface area contributed by atoms with Crippen LogP contribution in [-0.2, 0) is 14.8 Å². The number of sulfonamides is 1. The molecule has 0 saturated carbocycles. The van der Waals surface area contributed by atoms with Crippen molar-refractivity contribution in [3.8, 4) is 11.5 Å². The number of carbonyl (C=O) groups excluding carboxylic acids is 1. The summed E-state index contributed by atoms with van der Waals surface area (Å²) in [5.74, 6) is 1.32. The molecule has 2 aliphatic rings. The summed E-state index contributed by atoms with van der Waals surface area (Å²) in [6.45, 7) is 7.44. The Morgan fingerprint density at radius 1 is 1.18 bits per heavy atom. The molecule has 1 fully saturated rings. The molecule has 2 heterocycles. The van der Waals surface area contributed by atoms with Gasteiger partial charge in [-0.15, -0.1) is 0 Å². The lowest BCUT2D eigenvalue weighted by Crippen LogP contribution is -2.48. The molecule has 7 nitrogen and oxygen atoms in total. The first-order valence-electron chi connectivity index (χ1n) is 10.0. The molecule has 8 heteroatoms. The van der Waals surface area contributed by atoms with Gasteiger partial charge in [-0.05, 0) is 50.7 Å². The summed E-state index contributed by atoms with van der Waals surface area (Å²) >= 11 is 0. The number of ether oxygens (including phenoxy) is 2. The smallest absolute Gasteiger partial charge is 0.243 e. The van der Waals surface area contributed by atoms with Crippen LogP contribution in [0.25, 0.3) is 0 Å². The van der Waals surface area contributed by atoms with Crippen LogP contribution in [0.3, 0.4) is 0 Å². The molecule has 28 heavy (non-hydrogen) atoms. The maximum atomic E-state index is 13.2. The molecular formula is C20H30N2O5S. The summed E-state index contributed by atoms with van der Waals surface area (Å²) in [6.07, 6.45) is 3.10. The zero-order valence-electron chi connectivity index (χ0n) is 16.8. The minimum absolute atomic E-state index is 0.0225. The quantitative estimate of drug-likeness (QED) is 0.747. The second-order valence-electron chi connectivity index (χ2n) is 7.96. The largest absolute Gasteiger partial charge is 0.486 e. The Morgan fingerprint density at radius 2 is 1.89 bits per heavy atom. The van der Waals surface area contributed by atoms with Gasteiger partial charge in [0.05, 0.1) is 4.90 Å². The SMILES string of the molecule is CC(C)CC[C@H](C)NC(=O)[C@@H]1CCCN1S(=O)(=O)c1ccc2c(c1)OCCO2. The molecular weight excluding hydrogens is 380 g/mol. The van der Waals surface area contributed by atoms with E-state index in [1.165, 1.54) is 16.4 Å². The number of rotatable bonds is 7. The molecule has 156 valence electrons. The average molecular weight is 411 g/mol. The number of hydrogen-bond acceptors (Lipinski definition) is 5. The van der Waals surface area contributed by atoms with Crippen LogP contribution in [0.1, 0.15) is 46.5 Å². The van der Waals surface area contributed by atoms with Crippen LogP contribution in [0.15, 0.2) is 23.1 Å². The predicted molar refractivity (Wildman–Crippen MR) is 106 cm³/mol. The van der Waals surface area contributed by atoms with Crippen molar-refractivity contribution in [2.24, 2.45) is 5.92 Å². The van der Waals surface area contributed by atoms with Crippen molar-refractivity contribution in [1.82, 2.24) is 9.62 Å². The first-order valence-corrected chi connectivity index (χ1v) is 11.4. The highest BCUT2D eigenvalue weighted by Gasteiger charge is 2.40. The van der Waals surface area contributed by atoms with Crippen molar-refractivity contribution >= 4 is 15.9 Å². The Bertz CT molecular complexity index is 809. The molecule has 0 bridgehead atoms. The minimum Gasteiger partial charge on any atom is -0.486 e. The molecule has 1 amide bonds. The lowest BCUT2D eigenvalue weighted by Gasteiger charge is -2.26. The maximum Gasteiger partial charge on any atom is 0.243 e. The molecule has 1 aromatic carbocycles. The standard InChI is InChI=1S/C20H30N2O5S/c1-14(2)6-7-15(3)21-20(23)17-5-4-10-22(17)28(24,25)16-8-9-18-19(13-16)27-12-11-26-18/h8-9,13-15,17H,4-7,10-12H2,1-3H3,(H,21,23)/t15-,17-/m0/s1. The predicted octanol–water partition coefficient (Wildman–Crippen LogP) is 2.55. The zero-order chi connectivity index (χ0) is 20.3. The molecule has 1 aromatic rings. The van der Waals surface area contributed by atoms with Gasteiger partial charge in [0.2, 0.25) is 15.9 Å². The monoisotopic (exact) mass is 410 g/mol. The maximum absolute atomic E-state index is 13.2. The summed E-state index contributed by atoms with van der Waals surface area (Å²) in [5, 5.41) is 2.99. The zero-order valence-corrected chi connectivity index (χ0v) is 17.6. The molecule has 0 radical (unpaired) electrons. The van der Waals surface area contributed by atoms with Crippen LogP contribution >= 0.6 is 0 Å². The number of amides is 1. The Morgan fingerprint density at radius 3 is 2.61 bits per heavy atom. The van der Waals surface area contributed by atoms with Crippen LogP contribution in [0.2, 0.25) is 0 Å². The molecule has 2 atom stereocenters. The highest BCUT2D eigenvalue weighted by Crippen LogP contribution is 2.34. The summed E-state index contributed by atoms with van der Waals surface area (Å²) < 4.78 is 38.7. The average Bonchev–Trinajstić information content (AvgIpc) is 3.17. The van der Waals surface area contributed by atoms with E-state index >= 15 is 0 Å². The van der Waals surface area contributed by atoms with Crippen molar-refractivity contribution in [2.75, 3.05) is 19.8 Å². The number of benzene rings is 1. The lowest BCUT2D eigenvalue weighted by molar-refractivity contribution is -0.124. The van der Waals surface area contributed by atoms with Crippen LogP contribution in [0.4, 0.5) is 0 Å². The van der Waals surface area contributed by atoms with E-state index in [9.17, 15) is 13.2 Å². The van der Waals surface area contributed by atoms with Crippen molar-refractivity contribution in [3.63, 3.8) is 0 Å². The van der Waals surface area contributed by atoms with Crippen LogP contribution < -0.4 is 14.8 Å². The number of fused-ring (bicyclic) bond motifs is 1. The molecule has 0 unspecified atom stereocenters. The second kappa shape index (κ2) is 8.69. The Kier molecular flexibility index (Phi) is 6.50. The number of nitrogens with one attached hydrogen (secondary N) is 1. The highest BCUT2D eigenvalue weighted by molar-refractivity contribution is 7.89. The normalized spacial score (nSPS) is 20.9. The number of hydrogen-bond donors (Lipinski definition) is 1. The summed E-state index contributed by atoms with van der Waals surface area (Å²) in [7, 11) is -3.79. The van der Waals surface area contributed by atoms with Gasteiger partial charge in [-0.25, -0.2) is 8.42 Å². The molecule has 3 rings (SSSR count). The molecule has 1 N–H and O–H groups in total. The van der Waals surface area contributed by atoms with E-state index in [0.717, 1.165) is 12.8 Å². The Labute approximate surface area is 167 Å². The third kappa shape index (κ3) is 4.60. The van der Waals surface area contributed by atoms with E-state index in [-0.39, 0.29) is 16.8 Å². The Balaban J connectivity index is 1.73. The fourth-order valence-corrected chi connectivity index (χ4v) is 5.28. The first-order chi connectivity index (χ1) is 13.3. The number of nitrogens with zero attached hydrogens (tertiary/aromatic N) is 1. The van der Waals surface area contributed by atoms with E-state index in [0.29, 0.717) is 50.0 Å². The minimum atomic E-state index is -3.79. The van der Waals surface area contributed by atoms with E-state index in [1.54, 1.807) is 6.07 Å². The van der Waals surface area contributed by atoms with Gasteiger partial charge in [-0.3, -0.25) is 4.79 Å². The van der Waals surface area contributed by atoms with Crippen LogP contribution in [-0.4, -0.2) is 50.5 Å². The number of carbonyl (C=O) groups is 1. The van der Waals surface area contributed by atoms with Gasteiger partial charge in [-0.1, -0.05) is 13.8 Å². The van der Waals surface area contributed by atoms with E-state index < -0.39 is 16.1 Å². The van der Waals surface area contributed by atoms with Crippen molar-refractivity contribution in [2.45, 2.75) is 63.4 Å². The van der Waals surface area contributed by atoms with Gasteiger partial charge in [0.25, 0.3) is 0 Å². The topological polar surface area (TPSA) is 84.9 Å². The molecule has 0 aliphatic carbocycles. The fraction of sp³-hybridized carbons (Fsp3) is 0.650. The summed E-state index contributed by atoms with van der Waals surface area (Å²) in [5.41, 5.74) is 0.